The molecule has 0 aliphatic carbocycles. The fourth-order valence-corrected chi connectivity index (χ4v) is 4.39. The Bertz CT molecular complexity index is 940. The fraction of sp³-hybridized carbons (Fsp3) is 0.333. The molecule has 0 spiro atoms. The maximum atomic E-state index is 11.7. The van der Waals surface area contributed by atoms with E-state index >= 15 is 0 Å². The quantitative estimate of drug-likeness (QED) is 0.558. The Morgan fingerprint density at radius 3 is 3.11 bits per heavy atom. The van der Waals surface area contributed by atoms with Crippen LogP contribution in [0.15, 0.2) is 39.3 Å². The summed E-state index contributed by atoms with van der Waals surface area (Å²) in [6.45, 7) is 1.15. The zero-order valence-corrected chi connectivity index (χ0v) is 16.4. The third-order valence-electron chi connectivity index (χ3n) is 4.16. The lowest BCUT2D eigenvalue weighted by Crippen LogP contribution is -2.23. The molecule has 1 fully saturated rings. The van der Waals surface area contributed by atoms with Gasteiger partial charge in [0.2, 0.25) is 11.8 Å². The van der Waals surface area contributed by atoms with Crippen molar-refractivity contribution in [1.29, 1.82) is 0 Å². The maximum absolute atomic E-state index is 11.7. The van der Waals surface area contributed by atoms with Gasteiger partial charge in [0.1, 0.15) is 10.8 Å². The molecule has 0 atom stereocenters. The molecule has 0 radical (unpaired) electrons. The molecular formula is C18H18N4O3S2. The molecule has 2 aromatic heterocycles. The highest BCUT2D eigenvalue weighted by molar-refractivity contribution is 7.98. The molecule has 1 saturated heterocycles. The summed E-state index contributed by atoms with van der Waals surface area (Å²) in [6.07, 6.45) is 1.50. The zero-order chi connectivity index (χ0) is 18.6. The molecule has 0 N–H and O–H groups in total. The summed E-state index contributed by atoms with van der Waals surface area (Å²) in [7, 11) is 1.65. The first-order valence-corrected chi connectivity index (χ1v) is 10.4. The first-order valence-electron chi connectivity index (χ1n) is 8.53. The van der Waals surface area contributed by atoms with Crippen LogP contribution in [0.3, 0.4) is 0 Å². The van der Waals surface area contributed by atoms with Crippen LogP contribution in [0.5, 0.6) is 5.75 Å². The van der Waals surface area contributed by atoms with E-state index in [0.717, 1.165) is 35.0 Å². The molecule has 1 aliphatic heterocycles. The Hall–Kier alpha value is -2.39. The molecule has 1 aromatic carbocycles. The monoisotopic (exact) mass is 402 g/mol. The van der Waals surface area contributed by atoms with E-state index in [1.165, 1.54) is 11.8 Å². The minimum absolute atomic E-state index is 0.148. The van der Waals surface area contributed by atoms with Gasteiger partial charge in [0, 0.05) is 29.7 Å². The minimum atomic E-state index is 0.148. The molecule has 3 heterocycles. The number of methoxy groups -OCH3 is 1. The minimum Gasteiger partial charge on any atom is -0.497 e. The van der Waals surface area contributed by atoms with Gasteiger partial charge in [-0.2, -0.15) is 0 Å². The van der Waals surface area contributed by atoms with Gasteiger partial charge in [0.05, 0.1) is 19.3 Å². The normalized spacial score (nSPS) is 14.1. The molecule has 7 nitrogen and oxygen atoms in total. The number of amides is 1. The van der Waals surface area contributed by atoms with Crippen LogP contribution in [0.4, 0.5) is 0 Å². The molecule has 0 saturated carbocycles. The summed E-state index contributed by atoms with van der Waals surface area (Å²) in [5.74, 6) is 2.08. The van der Waals surface area contributed by atoms with Gasteiger partial charge in [0.15, 0.2) is 0 Å². The molecular weight excluding hydrogens is 384 g/mol. The fourth-order valence-electron chi connectivity index (χ4n) is 2.79. The first-order chi connectivity index (χ1) is 13.2. The molecule has 1 aliphatic rings. The van der Waals surface area contributed by atoms with Crippen molar-refractivity contribution in [2.75, 3.05) is 13.7 Å². The van der Waals surface area contributed by atoms with E-state index in [9.17, 15) is 4.79 Å². The Kier molecular flexibility index (Phi) is 5.40. The number of ether oxygens (including phenoxy) is 1. The first kappa shape index (κ1) is 18.0. The number of thioether (sulfide) groups is 1. The van der Waals surface area contributed by atoms with Gasteiger partial charge in [0.25, 0.3) is 5.22 Å². The SMILES string of the molecule is COc1cccc(-c2nc(CSc3nnc(CN4CCCC4=O)o3)cs2)c1. The zero-order valence-electron chi connectivity index (χ0n) is 14.8. The van der Waals surface area contributed by atoms with Crippen LogP contribution >= 0.6 is 23.1 Å². The third kappa shape index (κ3) is 4.30. The van der Waals surface area contributed by atoms with E-state index in [-0.39, 0.29) is 5.91 Å². The van der Waals surface area contributed by atoms with Crippen LogP contribution in [0.25, 0.3) is 10.6 Å². The molecule has 3 aromatic rings. The topological polar surface area (TPSA) is 81.4 Å². The standard InChI is InChI=1S/C18H18N4O3S2/c1-24-14-5-2-4-12(8-14)17-19-13(10-26-17)11-27-18-21-20-15(25-18)9-22-7-3-6-16(22)23/h2,4-5,8,10H,3,6-7,9,11H2,1H3. The Balaban J connectivity index is 1.35. The number of rotatable bonds is 7. The van der Waals surface area contributed by atoms with Crippen molar-refractivity contribution in [3.8, 4) is 16.3 Å². The van der Waals surface area contributed by atoms with Gasteiger partial charge in [-0.25, -0.2) is 4.98 Å². The van der Waals surface area contributed by atoms with Gasteiger partial charge in [-0.3, -0.25) is 4.79 Å². The molecule has 140 valence electrons. The average molecular weight is 403 g/mol. The predicted octanol–water partition coefficient (Wildman–Crippen LogP) is 3.62. The van der Waals surface area contributed by atoms with Gasteiger partial charge in [-0.1, -0.05) is 23.9 Å². The number of carbonyl (C=O) groups is 1. The number of benzene rings is 1. The number of hydrogen-bond acceptors (Lipinski definition) is 8. The van der Waals surface area contributed by atoms with Crippen molar-refractivity contribution in [2.24, 2.45) is 0 Å². The third-order valence-corrected chi connectivity index (χ3v) is 5.95. The lowest BCUT2D eigenvalue weighted by atomic mass is 10.2. The summed E-state index contributed by atoms with van der Waals surface area (Å²) in [6, 6.07) is 7.85. The summed E-state index contributed by atoms with van der Waals surface area (Å²) in [4.78, 5) is 18.1. The smallest absolute Gasteiger partial charge is 0.277 e. The highest BCUT2D eigenvalue weighted by atomic mass is 32.2. The second-order valence-corrected chi connectivity index (χ2v) is 7.83. The van der Waals surface area contributed by atoms with E-state index in [4.69, 9.17) is 9.15 Å². The second-order valence-electron chi connectivity index (χ2n) is 6.05. The number of likely N-dealkylation sites (tertiary alicyclic amines) is 1. The number of aromatic nitrogens is 3. The summed E-state index contributed by atoms with van der Waals surface area (Å²) < 4.78 is 10.9. The van der Waals surface area contributed by atoms with Gasteiger partial charge < -0.3 is 14.1 Å². The van der Waals surface area contributed by atoms with Crippen molar-refractivity contribution >= 4 is 29.0 Å². The lowest BCUT2D eigenvalue weighted by Gasteiger charge is -2.11. The van der Waals surface area contributed by atoms with E-state index in [1.54, 1.807) is 23.3 Å². The van der Waals surface area contributed by atoms with Crippen molar-refractivity contribution in [2.45, 2.75) is 30.4 Å². The van der Waals surface area contributed by atoms with Crippen molar-refractivity contribution < 1.29 is 13.9 Å². The Morgan fingerprint density at radius 1 is 1.37 bits per heavy atom. The van der Waals surface area contributed by atoms with Crippen molar-refractivity contribution in [3.63, 3.8) is 0 Å². The average Bonchev–Trinajstić information content (AvgIpc) is 3.43. The number of nitrogens with zero attached hydrogens (tertiary/aromatic N) is 4. The highest BCUT2D eigenvalue weighted by Crippen LogP contribution is 2.29. The summed E-state index contributed by atoms with van der Waals surface area (Å²) >= 11 is 3.04. The summed E-state index contributed by atoms with van der Waals surface area (Å²) in [5.41, 5.74) is 1.99. The molecule has 4 rings (SSSR count). The summed E-state index contributed by atoms with van der Waals surface area (Å²) in [5, 5.41) is 11.6. The molecule has 0 bridgehead atoms. The highest BCUT2D eigenvalue weighted by Gasteiger charge is 2.22. The van der Waals surface area contributed by atoms with Crippen LogP contribution in [0.2, 0.25) is 0 Å². The van der Waals surface area contributed by atoms with Crippen LogP contribution in [0, 0.1) is 0 Å². The van der Waals surface area contributed by atoms with Crippen LogP contribution < -0.4 is 4.74 Å². The number of hydrogen-bond donors (Lipinski definition) is 0. The van der Waals surface area contributed by atoms with Crippen molar-refractivity contribution in [3.05, 3.63) is 41.2 Å². The molecule has 9 heteroatoms. The molecule has 0 unspecified atom stereocenters. The Labute approximate surface area is 164 Å². The number of thiazole rings is 1. The van der Waals surface area contributed by atoms with E-state index in [0.29, 0.717) is 29.8 Å². The predicted molar refractivity (Wildman–Crippen MR) is 103 cm³/mol. The van der Waals surface area contributed by atoms with Crippen LogP contribution in [-0.2, 0) is 17.1 Å². The van der Waals surface area contributed by atoms with Gasteiger partial charge in [-0.05, 0) is 18.6 Å². The number of carbonyl (C=O) groups excluding carboxylic acids is 1. The molecule has 1 amide bonds. The van der Waals surface area contributed by atoms with Crippen LogP contribution in [0.1, 0.15) is 24.4 Å². The molecule has 27 heavy (non-hydrogen) atoms. The van der Waals surface area contributed by atoms with E-state index in [1.807, 2.05) is 29.6 Å². The lowest BCUT2D eigenvalue weighted by molar-refractivity contribution is -0.128. The van der Waals surface area contributed by atoms with E-state index < -0.39 is 0 Å². The van der Waals surface area contributed by atoms with Gasteiger partial charge >= 0.3 is 0 Å². The maximum Gasteiger partial charge on any atom is 0.277 e. The van der Waals surface area contributed by atoms with Crippen molar-refractivity contribution in [1.82, 2.24) is 20.1 Å². The van der Waals surface area contributed by atoms with Crippen LogP contribution in [-0.4, -0.2) is 39.6 Å². The van der Waals surface area contributed by atoms with E-state index in [2.05, 4.69) is 15.2 Å². The van der Waals surface area contributed by atoms with Gasteiger partial charge in [-0.15, -0.1) is 21.5 Å². The Morgan fingerprint density at radius 2 is 2.30 bits per heavy atom. The largest absolute Gasteiger partial charge is 0.497 e. The second kappa shape index (κ2) is 8.10.